The molecule has 8 aromatic carbocycles. The predicted octanol–water partition coefficient (Wildman–Crippen LogP) is 13.1. The maximum atomic E-state index is 10.7. The first kappa shape index (κ1) is 30.4. The van der Waals surface area contributed by atoms with Gasteiger partial charge in [-0.25, -0.2) is 0 Å². The van der Waals surface area contributed by atoms with Crippen LogP contribution >= 0.6 is 0 Å². The molecule has 0 spiro atoms. The molecule has 6 nitrogen and oxygen atoms in total. The molecule has 4 aromatic heterocycles. The highest BCUT2D eigenvalue weighted by atomic mass is 16.3. The molecule has 0 atom stereocenters. The van der Waals surface area contributed by atoms with Crippen LogP contribution < -0.4 is 0 Å². The van der Waals surface area contributed by atoms with Crippen molar-refractivity contribution in [1.29, 1.82) is 10.5 Å². The maximum absolute atomic E-state index is 10.7. The van der Waals surface area contributed by atoms with Crippen LogP contribution in [0.4, 0.5) is 0 Å². The van der Waals surface area contributed by atoms with Crippen molar-refractivity contribution < 1.29 is 8.83 Å². The zero-order chi connectivity index (χ0) is 37.1. The van der Waals surface area contributed by atoms with Gasteiger partial charge in [0.05, 0.1) is 49.7 Å². The molecular weight excluding hydrogens is 689 g/mol. The summed E-state index contributed by atoms with van der Waals surface area (Å²) in [5.74, 6) is 0. The first-order valence-electron chi connectivity index (χ1n) is 18.5. The molecule has 0 unspecified atom stereocenters. The van der Waals surface area contributed by atoms with Gasteiger partial charge in [0.2, 0.25) is 0 Å². The van der Waals surface area contributed by atoms with Crippen molar-refractivity contribution in [3.8, 4) is 34.6 Å². The minimum atomic E-state index is 0.512. The first-order chi connectivity index (χ1) is 27.7. The van der Waals surface area contributed by atoms with Gasteiger partial charge in [0, 0.05) is 43.6 Å². The Labute approximate surface area is 318 Å². The van der Waals surface area contributed by atoms with Gasteiger partial charge in [0.1, 0.15) is 28.9 Å². The molecule has 0 radical (unpaired) electrons. The minimum absolute atomic E-state index is 0.512. The lowest BCUT2D eigenvalue weighted by Crippen LogP contribution is -2.01. The molecule has 0 N–H and O–H groups in total. The first-order valence-corrected chi connectivity index (χ1v) is 18.5. The standard InChI is InChI=1S/C50H26N4O2/c51-27-30-10-9-15-33(47(30)54-41-17-6-1-11-34(41)36-24-25-44-45(48(36)54)37-13-3-7-18-42(37)55-44)29-20-22-32(23-21-29)53-40-16-5-2-12-35(40)39-26-31(28-52)50-46(49(39)53)38-14-4-8-19-43(38)56-50/h1-26H. The zero-order valence-corrected chi connectivity index (χ0v) is 29.6. The van der Waals surface area contributed by atoms with Crippen molar-refractivity contribution in [1.82, 2.24) is 9.13 Å². The fourth-order valence-corrected chi connectivity index (χ4v) is 9.08. The number of furan rings is 2. The average molecular weight is 715 g/mol. The Morgan fingerprint density at radius 3 is 1.77 bits per heavy atom. The largest absolute Gasteiger partial charge is 0.456 e. The number of hydrogen-bond donors (Lipinski definition) is 0. The van der Waals surface area contributed by atoms with Gasteiger partial charge >= 0.3 is 0 Å². The Hall–Kier alpha value is -8.06. The molecule has 0 aliphatic rings. The Morgan fingerprint density at radius 1 is 0.429 bits per heavy atom. The van der Waals surface area contributed by atoms with Crippen molar-refractivity contribution >= 4 is 87.5 Å². The fraction of sp³-hybridized carbons (Fsp3) is 0. The lowest BCUT2D eigenvalue weighted by atomic mass is 9.99. The highest BCUT2D eigenvalue weighted by Gasteiger charge is 2.24. The van der Waals surface area contributed by atoms with Crippen LogP contribution in [0.1, 0.15) is 11.1 Å². The van der Waals surface area contributed by atoms with E-state index in [1.165, 1.54) is 0 Å². The van der Waals surface area contributed by atoms with Crippen LogP contribution in [0, 0.1) is 22.7 Å². The van der Waals surface area contributed by atoms with Crippen LogP contribution in [0.15, 0.2) is 167 Å². The van der Waals surface area contributed by atoms with Crippen LogP contribution in [0.2, 0.25) is 0 Å². The van der Waals surface area contributed by atoms with Gasteiger partial charge in [-0.3, -0.25) is 0 Å². The van der Waals surface area contributed by atoms with E-state index < -0.39 is 0 Å². The molecule has 12 aromatic rings. The lowest BCUT2D eigenvalue weighted by Gasteiger charge is -2.17. The molecule has 12 rings (SSSR count). The van der Waals surface area contributed by atoms with Crippen molar-refractivity contribution in [2.45, 2.75) is 0 Å². The number of nitriles is 2. The molecule has 0 saturated heterocycles. The molecule has 0 bridgehead atoms. The van der Waals surface area contributed by atoms with Crippen LogP contribution in [-0.2, 0) is 0 Å². The fourth-order valence-electron chi connectivity index (χ4n) is 9.08. The topological polar surface area (TPSA) is 83.7 Å². The van der Waals surface area contributed by atoms with Gasteiger partial charge in [-0.05, 0) is 66.2 Å². The van der Waals surface area contributed by atoms with Crippen LogP contribution in [0.25, 0.3) is 110 Å². The van der Waals surface area contributed by atoms with Crippen LogP contribution in [0.3, 0.4) is 0 Å². The smallest absolute Gasteiger partial charge is 0.155 e. The summed E-state index contributed by atoms with van der Waals surface area (Å²) in [7, 11) is 0. The van der Waals surface area contributed by atoms with Gasteiger partial charge in [-0.1, -0.05) is 97.1 Å². The third-order valence-electron chi connectivity index (χ3n) is 11.4. The lowest BCUT2D eigenvalue weighted by molar-refractivity contribution is 0.668. The molecule has 0 fully saturated rings. The van der Waals surface area contributed by atoms with Gasteiger partial charge in [0.25, 0.3) is 0 Å². The highest BCUT2D eigenvalue weighted by molar-refractivity contribution is 6.26. The van der Waals surface area contributed by atoms with Crippen LogP contribution in [0.5, 0.6) is 0 Å². The van der Waals surface area contributed by atoms with Crippen molar-refractivity contribution in [3.05, 3.63) is 169 Å². The second-order valence-electron chi connectivity index (χ2n) is 14.2. The van der Waals surface area contributed by atoms with Gasteiger partial charge in [-0.2, -0.15) is 10.5 Å². The van der Waals surface area contributed by atoms with E-state index in [1.807, 2.05) is 66.7 Å². The summed E-state index contributed by atoms with van der Waals surface area (Å²) < 4.78 is 17.3. The number of para-hydroxylation sites is 5. The number of fused-ring (bicyclic) bond motifs is 14. The molecule has 56 heavy (non-hydrogen) atoms. The summed E-state index contributed by atoms with van der Waals surface area (Å²) in [6, 6.07) is 58.4. The van der Waals surface area contributed by atoms with E-state index in [-0.39, 0.29) is 0 Å². The van der Waals surface area contributed by atoms with E-state index in [2.05, 4.69) is 112 Å². The summed E-state index contributed by atoms with van der Waals surface area (Å²) in [6.45, 7) is 0. The summed E-state index contributed by atoms with van der Waals surface area (Å²) in [4.78, 5) is 0. The van der Waals surface area contributed by atoms with E-state index in [0.717, 1.165) is 104 Å². The third-order valence-corrected chi connectivity index (χ3v) is 11.4. The van der Waals surface area contributed by atoms with Gasteiger partial charge in [-0.15, -0.1) is 0 Å². The molecule has 6 heteroatoms. The Morgan fingerprint density at radius 2 is 1.04 bits per heavy atom. The SMILES string of the molecule is N#Cc1cccc(-c2ccc(-n3c4ccccc4c4cc(C#N)c5oc6ccccc6c5c43)cc2)c1-n1c2ccccc2c2ccc3oc4ccccc4c3c21. The van der Waals surface area contributed by atoms with Crippen molar-refractivity contribution in [2.24, 2.45) is 0 Å². The molecule has 0 aliphatic carbocycles. The Balaban J connectivity index is 1.13. The molecular formula is C50H26N4O2. The van der Waals surface area contributed by atoms with E-state index >= 15 is 0 Å². The predicted molar refractivity (Wildman–Crippen MR) is 225 cm³/mol. The van der Waals surface area contributed by atoms with E-state index in [1.54, 1.807) is 0 Å². The summed E-state index contributed by atoms with van der Waals surface area (Å²) >= 11 is 0. The number of hydrogen-bond acceptors (Lipinski definition) is 4. The van der Waals surface area contributed by atoms with Gasteiger partial charge in [0.15, 0.2) is 5.58 Å². The second kappa shape index (κ2) is 11.2. The molecule has 4 heterocycles. The summed E-state index contributed by atoms with van der Waals surface area (Å²) in [5, 5.41) is 29.2. The number of benzene rings is 8. The quantitative estimate of drug-likeness (QED) is 0.182. The molecule has 0 saturated carbocycles. The third kappa shape index (κ3) is 3.97. The zero-order valence-electron chi connectivity index (χ0n) is 29.6. The summed E-state index contributed by atoms with van der Waals surface area (Å²) in [6.07, 6.45) is 0. The summed E-state index contributed by atoms with van der Waals surface area (Å²) in [5.41, 5.74) is 11.8. The van der Waals surface area contributed by atoms with E-state index in [0.29, 0.717) is 16.7 Å². The van der Waals surface area contributed by atoms with E-state index in [9.17, 15) is 10.5 Å². The highest BCUT2D eigenvalue weighted by Crippen LogP contribution is 2.45. The Bertz CT molecular complexity index is 3730. The minimum Gasteiger partial charge on any atom is -0.456 e. The van der Waals surface area contributed by atoms with E-state index in [4.69, 9.17) is 8.83 Å². The molecule has 0 amide bonds. The number of nitrogens with zero attached hydrogens (tertiary/aromatic N) is 4. The maximum Gasteiger partial charge on any atom is 0.155 e. The van der Waals surface area contributed by atoms with Gasteiger partial charge < -0.3 is 18.0 Å². The monoisotopic (exact) mass is 714 g/mol. The Kier molecular flexibility index (Phi) is 6.10. The number of aromatic nitrogens is 2. The molecule has 0 aliphatic heterocycles. The normalized spacial score (nSPS) is 11.9. The van der Waals surface area contributed by atoms with Crippen molar-refractivity contribution in [2.75, 3.05) is 0 Å². The van der Waals surface area contributed by atoms with Crippen molar-refractivity contribution in [3.63, 3.8) is 0 Å². The molecule has 258 valence electrons. The van der Waals surface area contributed by atoms with Crippen LogP contribution in [-0.4, -0.2) is 9.13 Å². The second-order valence-corrected chi connectivity index (χ2v) is 14.2. The number of rotatable bonds is 3. The average Bonchev–Trinajstić information content (AvgIpc) is 4.01.